The third-order valence-corrected chi connectivity index (χ3v) is 3.92. The predicted octanol–water partition coefficient (Wildman–Crippen LogP) is 4.62. The topological polar surface area (TPSA) is 26.0 Å². The van der Waals surface area contributed by atoms with E-state index in [4.69, 9.17) is 5.73 Å². The van der Waals surface area contributed by atoms with Gasteiger partial charge < -0.3 is 5.73 Å². The fourth-order valence-electron chi connectivity index (χ4n) is 1.75. The van der Waals surface area contributed by atoms with Gasteiger partial charge in [-0.15, -0.1) is 0 Å². The number of halogens is 3. The maximum Gasteiger partial charge on any atom is 0.417 e. The van der Waals surface area contributed by atoms with Gasteiger partial charge in [-0.1, -0.05) is 35.5 Å². The molecule has 2 aromatic rings. The van der Waals surface area contributed by atoms with Gasteiger partial charge in [0.2, 0.25) is 0 Å². The van der Waals surface area contributed by atoms with E-state index in [1.54, 1.807) is 6.07 Å². The first-order valence-corrected chi connectivity index (χ1v) is 6.86. The molecule has 2 aromatic carbocycles. The third-order valence-electron chi connectivity index (χ3n) is 2.83. The molecule has 0 saturated carbocycles. The first-order valence-electron chi connectivity index (χ1n) is 6.05. The molecule has 0 fully saturated rings. The summed E-state index contributed by atoms with van der Waals surface area (Å²) in [6.45, 7) is 2.03. The van der Waals surface area contributed by atoms with Gasteiger partial charge >= 0.3 is 6.18 Å². The van der Waals surface area contributed by atoms with E-state index in [0.29, 0.717) is 5.56 Å². The van der Waals surface area contributed by atoms with Crippen molar-refractivity contribution in [1.82, 2.24) is 0 Å². The molecule has 0 heterocycles. The van der Waals surface area contributed by atoms with Gasteiger partial charge in [0, 0.05) is 16.3 Å². The largest absolute Gasteiger partial charge is 0.417 e. The van der Waals surface area contributed by atoms with E-state index in [-0.39, 0.29) is 11.4 Å². The lowest BCUT2D eigenvalue weighted by Gasteiger charge is -2.14. The fourth-order valence-corrected chi connectivity index (χ4v) is 2.69. The third kappa shape index (κ3) is 3.55. The van der Waals surface area contributed by atoms with Crippen molar-refractivity contribution in [3.63, 3.8) is 0 Å². The maximum absolute atomic E-state index is 13.1. The summed E-state index contributed by atoms with van der Waals surface area (Å²) in [7, 11) is 0. The van der Waals surface area contributed by atoms with Crippen LogP contribution < -0.4 is 5.73 Å². The van der Waals surface area contributed by atoms with Crippen LogP contribution in [0.25, 0.3) is 0 Å². The van der Waals surface area contributed by atoms with Crippen LogP contribution >= 0.6 is 11.8 Å². The Labute approximate surface area is 120 Å². The van der Waals surface area contributed by atoms with Crippen LogP contribution in [-0.2, 0) is 12.7 Å². The Morgan fingerprint density at radius 2 is 1.70 bits per heavy atom. The molecular formula is C15H14F3NS. The molecule has 0 atom stereocenters. The minimum absolute atomic E-state index is 0.0958. The van der Waals surface area contributed by atoms with E-state index in [1.807, 2.05) is 31.2 Å². The van der Waals surface area contributed by atoms with E-state index in [2.05, 4.69) is 0 Å². The molecule has 5 heteroatoms. The summed E-state index contributed by atoms with van der Waals surface area (Å²) >= 11 is 1.11. The predicted molar refractivity (Wildman–Crippen MR) is 74.6 cm³/mol. The molecule has 0 spiro atoms. The molecule has 0 saturated heterocycles. The minimum Gasteiger partial charge on any atom is -0.326 e. The second kappa shape index (κ2) is 5.89. The summed E-state index contributed by atoms with van der Waals surface area (Å²) in [6.07, 6.45) is -4.38. The number of benzene rings is 2. The summed E-state index contributed by atoms with van der Waals surface area (Å²) in [5, 5.41) is 0. The molecule has 0 aliphatic carbocycles. The molecule has 0 aliphatic heterocycles. The Kier molecular flexibility index (Phi) is 4.40. The van der Waals surface area contributed by atoms with Gasteiger partial charge in [-0.25, -0.2) is 0 Å². The van der Waals surface area contributed by atoms with Crippen LogP contribution in [0.5, 0.6) is 0 Å². The average Bonchev–Trinajstić information content (AvgIpc) is 2.40. The maximum atomic E-state index is 13.1. The highest BCUT2D eigenvalue weighted by Gasteiger charge is 2.33. The minimum atomic E-state index is -4.38. The van der Waals surface area contributed by atoms with Crippen molar-refractivity contribution in [2.45, 2.75) is 29.4 Å². The van der Waals surface area contributed by atoms with Crippen molar-refractivity contribution < 1.29 is 13.2 Å². The van der Waals surface area contributed by atoms with Crippen LogP contribution in [0.2, 0.25) is 0 Å². The molecule has 1 nitrogen and oxygen atoms in total. The Bertz CT molecular complexity index is 591. The Morgan fingerprint density at radius 1 is 1.05 bits per heavy atom. The first kappa shape index (κ1) is 14.9. The van der Waals surface area contributed by atoms with Gasteiger partial charge in [-0.05, 0) is 36.8 Å². The molecule has 2 rings (SSSR count). The zero-order valence-electron chi connectivity index (χ0n) is 10.9. The van der Waals surface area contributed by atoms with Gasteiger partial charge in [-0.3, -0.25) is 0 Å². The van der Waals surface area contributed by atoms with Crippen molar-refractivity contribution in [3.05, 3.63) is 59.2 Å². The van der Waals surface area contributed by atoms with E-state index < -0.39 is 11.7 Å². The highest BCUT2D eigenvalue weighted by Crippen LogP contribution is 2.40. The van der Waals surface area contributed by atoms with Crippen molar-refractivity contribution in [1.29, 1.82) is 0 Å². The average molecular weight is 297 g/mol. The molecule has 20 heavy (non-hydrogen) atoms. The van der Waals surface area contributed by atoms with E-state index in [0.717, 1.165) is 28.3 Å². The molecule has 0 aromatic heterocycles. The van der Waals surface area contributed by atoms with Gasteiger partial charge in [0.15, 0.2) is 0 Å². The number of nitrogens with two attached hydrogens (primary N) is 1. The van der Waals surface area contributed by atoms with E-state index in [9.17, 15) is 13.2 Å². The van der Waals surface area contributed by atoms with Crippen LogP contribution in [0, 0.1) is 6.92 Å². The zero-order chi connectivity index (χ0) is 14.8. The Hall–Kier alpha value is -1.46. The van der Waals surface area contributed by atoms with Crippen LogP contribution in [-0.4, -0.2) is 0 Å². The normalized spacial score (nSPS) is 11.7. The first-order chi connectivity index (χ1) is 9.40. The molecule has 0 aliphatic rings. The van der Waals surface area contributed by atoms with Gasteiger partial charge in [-0.2, -0.15) is 13.2 Å². The molecule has 2 N–H and O–H groups in total. The lowest BCUT2D eigenvalue weighted by Crippen LogP contribution is -2.08. The SMILES string of the molecule is Cc1ccc(Sc2ccc(CN)cc2C(F)(F)F)cc1. The van der Waals surface area contributed by atoms with Crippen molar-refractivity contribution in [2.24, 2.45) is 5.73 Å². The number of hydrogen-bond acceptors (Lipinski definition) is 2. The number of rotatable bonds is 3. The summed E-state index contributed by atoms with van der Waals surface area (Å²) in [5.74, 6) is 0. The molecular weight excluding hydrogens is 283 g/mol. The van der Waals surface area contributed by atoms with Crippen LogP contribution in [0.15, 0.2) is 52.3 Å². The quantitative estimate of drug-likeness (QED) is 0.894. The summed E-state index contributed by atoms with van der Waals surface area (Å²) in [6, 6.07) is 11.6. The van der Waals surface area contributed by atoms with Crippen molar-refractivity contribution in [2.75, 3.05) is 0 Å². The molecule has 106 valence electrons. The standard InChI is InChI=1S/C15H14F3NS/c1-10-2-5-12(6-3-10)20-14-7-4-11(9-19)8-13(14)15(16,17)18/h2-8H,9,19H2,1H3. The zero-order valence-corrected chi connectivity index (χ0v) is 11.7. The molecule has 0 amide bonds. The second-order valence-electron chi connectivity index (χ2n) is 4.45. The second-order valence-corrected chi connectivity index (χ2v) is 5.56. The summed E-state index contributed by atoms with van der Waals surface area (Å²) in [5.41, 5.74) is 6.32. The Morgan fingerprint density at radius 3 is 2.25 bits per heavy atom. The van der Waals surface area contributed by atoms with Crippen LogP contribution in [0.3, 0.4) is 0 Å². The molecule has 0 radical (unpaired) electrons. The number of hydrogen-bond donors (Lipinski definition) is 1. The van der Waals surface area contributed by atoms with E-state index >= 15 is 0 Å². The number of aryl methyl sites for hydroxylation is 1. The van der Waals surface area contributed by atoms with Gasteiger partial charge in [0.1, 0.15) is 0 Å². The van der Waals surface area contributed by atoms with Gasteiger partial charge in [0.05, 0.1) is 5.56 Å². The lowest BCUT2D eigenvalue weighted by atomic mass is 10.1. The number of alkyl halides is 3. The molecule has 0 unspecified atom stereocenters. The Balaban J connectivity index is 2.38. The van der Waals surface area contributed by atoms with Gasteiger partial charge in [0.25, 0.3) is 0 Å². The molecule has 0 bridgehead atoms. The summed E-state index contributed by atoms with van der Waals surface area (Å²) < 4.78 is 39.2. The fraction of sp³-hybridized carbons (Fsp3) is 0.200. The highest BCUT2D eigenvalue weighted by atomic mass is 32.2. The lowest BCUT2D eigenvalue weighted by molar-refractivity contribution is -0.139. The van der Waals surface area contributed by atoms with Crippen molar-refractivity contribution >= 4 is 11.8 Å². The van der Waals surface area contributed by atoms with Crippen molar-refractivity contribution in [3.8, 4) is 0 Å². The van der Waals surface area contributed by atoms with Crippen LogP contribution in [0.1, 0.15) is 16.7 Å². The highest BCUT2D eigenvalue weighted by molar-refractivity contribution is 7.99. The smallest absolute Gasteiger partial charge is 0.326 e. The monoisotopic (exact) mass is 297 g/mol. The van der Waals surface area contributed by atoms with Crippen LogP contribution in [0.4, 0.5) is 13.2 Å². The van der Waals surface area contributed by atoms with E-state index in [1.165, 1.54) is 6.07 Å². The summed E-state index contributed by atoms with van der Waals surface area (Å²) in [4.78, 5) is 0.972.